The zero-order chi connectivity index (χ0) is 19.8. The smallest absolute Gasteiger partial charge is 0.272 e. The van der Waals surface area contributed by atoms with E-state index in [2.05, 4.69) is 27.2 Å². The lowest BCUT2D eigenvalue weighted by molar-refractivity contribution is 0.221. The van der Waals surface area contributed by atoms with Gasteiger partial charge in [0.15, 0.2) is 5.82 Å². The van der Waals surface area contributed by atoms with Crippen LogP contribution in [0.2, 0.25) is 0 Å². The Hall–Kier alpha value is -3.23. The van der Waals surface area contributed by atoms with Crippen LogP contribution in [0.15, 0.2) is 69.4 Å². The lowest BCUT2D eigenvalue weighted by atomic mass is 10.2. The molecular weight excluding hydrogens is 386 g/mol. The molecule has 7 nitrogen and oxygen atoms in total. The first-order chi connectivity index (χ1) is 14.2. The Balaban J connectivity index is 1.56. The van der Waals surface area contributed by atoms with Crippen LogP contribution in [0.3, 0.4) is 0 Å². The normalized spacial score (nSPS) is 11.8. The zero-order valence-electron chi connectivity index (χ0n) is 15.9. The van der Waals surface area contributed by atoms with Crippen LogP contribution < -0.4 is 5.56 Å². The van der Waals surface area contributed by atoms with Gasteiger partial charge in [0, 0.05) is 13.6 Å². The molecule has 0 fully saturated rings. The van der Waals surface area contributed by atoms with Gasteiger partial charge in [0.2, 0.25) is 5.78 Å². The lowest BCUT2D eigenvalue weighted by Gasteiger charge is -2.20. The van der Waals surface area contributed by atoms with Gasteiger partial charge in [0.25, 0.3) is 5.56 Å². The summed E-state index contributed by atoms with van der Waals surface area (Å²) in [6.45, 7) is 1.96. The fourth-order valence-corrected chi connectivity index (χ4v) is 4.44. The minimum absolute atomic E-state index is 0.0434. The Kier molecular flexibility index (Phi) is 4.49. The van der Waals surface area contributed by atoms with Crippen LogP contribution in [0.25, 0.3) is 16.0 Å². The van der Waals surface area contributed by atoms with E-state index < -0.39 is 0 Å². The Labute approximate surface area is 170 Å². The average Bonchev–Trinajstić information content (AvgIpc) is 3.47. The highest BCUT2D eigenvalue weighted by atomic mass is 32.1. The van der Waals surface area contributed by atoms with Gasteiger partial charge < -0.3 is 4.42 Å². The highest BCUT2D eigenvalue weighted by Crippen LogP contribution is 2.21. The van der Waals surface area contributed by atoms with Gasteiger partial charge in [-0.05, 0) is 29.1 Å². The van der Waals surface area contributed by atoms with E-state index in [-0.39, 0.29) is 5.56 Å². The van der Waals surface area contributed by atoms with Crippen molar-refractivity contribution in [1.29, 1.82) is 0 Å². The summed E-state index contributed by atoms with van der Waals surface area (Å²) in [7, 11) is 1.74. The van der Waals surface area contributed by atoms with Crippen molar-refractivity contribution >= 4 is 27.3 Å². The van der Waals surface area contributed by atoms with Crippen LogP contribution in [0, 0.1) is 0 Å². The second kappa shape index (κ2) is 7.31. The first-order valence-electron chi connectivity index (χ1n) is 9.29. The Bertz CT molecular complexity index is 1320. The maximum atomic E-state index is 12.6. The highest BCUT2D eigenvalue weighted by molar-refractivity contribution is 7.17. The molecule has 0 saturated carbocycles. The van der Waals surface area contributed by atoms with E-state index in [1.54, 1.807) is 17.9 Å². The molecule has 0 N–H and O–H groups in total. The maximum absolute atomic E-state index is 12.6. The molecule has 4 aromatic heterocycles. The van der Waals surface area contributed by atoms with Crippen LogP contribution in [-0.2, 0) is 26.7 Å². The van der Waals surface area contributed by atoms with Crippen molar-refractivity contribution in [2.45, 2.75) is 19.6 Å². The monoisotopic (exact) mass is 405 g/mol. The highest BCUT2D eigenvalue weighted by Gasteiger charge is 2.18. The van der Waals surface area contributed by atoms with Gasteiger partial charge in [-0.1, -0.05) is 30.3 Å². The molecule has 0 aliphatic heterocycles. The molecule has 146 valence electrons. The summed E-state index contributed by atoms with van der Waals surface area (Å²) in [4.78, 5) is 14.8. The number of rotatable bonds is 6. The standard InChI is InChI=1S/C21H19N5O2S/c1-24-20(27)19-17(9-11-29-19)26-18(22-23-21(24)26)14-25(13-16-8-5-10-28-16)12-15-6-3-2-4-7-15/h2-11H,12-14H2,1H3. The number of thiophene rings is 1. The van der Waals surface area contributed by atoms with E-state index in [0.29, 0.717) is 23.6 Å². The van der Waals surface area contributed by atoms with E-state index >= 15 is 0 Å². The number of furan rings is 1. The number of benzene rings is 1. The summed E-state index contributed by atoms with van der Waals surface area (Å²) in [5.74, 6) is 2.23. The van der Waals surface area contributed by atoms with E-state index in [1.165, 1.54) is 16.9 Å². The molecule has 5 rings (SSSR count). The van der Waals surface area contributed by atoms with Gasteiger partial charge in [-0.3, -0.25) is 18.7 Å². The molecule has 8 heteroatoms. The first kappa shape index (κ1) is 17.8. The second-order valence-corrected chi connectivity index (χ2v) is 7.88. The van der Waals surface area contributed by atoms with Gasteiger partial charge in [0.1, 0.15) is 10.5 Å². The molecule has 1 aromatic carbocycles. The SMILES string of the molecule is Cn1c(=O)c2sccc2n2c(CN(Cc3ccccc3)Cc3ccco3)nnc12. The molecule has 0 aliphatic carbocycles. The van der Waals surface area contributed by atoms with Crippen LogP contribution in [0.4, 0.5) is 0 Å². The molecule has 0 atom stereocenters. The molecule has 0 radical (unpaired) electrons. The second-order valence-electron chi connectivity index (χ2n) is 6.96. The molecule has 5 aromatic rings. The fraction of sp³-hybridized carbons (Fsp3) is 0.190. The Morgan fingerprint density at radius 2 is 1.90 bits per heavy atom. The van der Waals surface area contributed by atoms with Crippen molar-refractivity contribution in [3.8, 4) is 0 Å². The summed E-state index contributed by atoms with van der Waals surface area (Å²) in [6, 6.07) is 16.1. The topological polar surface area (TPSA) is 68.6 Å². The number of aryl methyl sites for hydroxylation is 1. The largest absolute Gasteiger partial charge is 0.468 e. The van der Waals surface area contributed by atoms with Crippen molar-refractivity contribution in [3.63, 3.8) is 0 Å². The van der Waals surface area contributed by atoms with Crippen LogP contribution in [-0.4, -0.2) is 24.1 Å². The third-order valence-electron chi connectivity index (χ3n) is 4.97. The summed E-state index contributed by atoms with van der Waals surface area (Å²) >= 11 is 1.44. The van der Waals surface area contributed by atoms with Crippen molar-refractivity contribution in [3.05, 3.63) is 87.7 Å². The van der Waals surface area contributed by atoms with Gasteiger partial charge in [-0.15, -0.1) is 21.5 Å². The van der Waals surface area contributed by atoms with Gasteiger partial charge in [-0.25, -0.2) is 0 Å². The summed E-state index contributed by atoms with van der Waals surface area (Å²) < 4.78 is 9.82. The van der Waals surface area contributed by atoms with Gasteiger partial charge >= 0.3 is 0 Å². The van der Waals surface area contributed by atoms with Crippen molar-refractivity contribution < 1.29 is 4.42 Å². The van der Waals surface area contributed by atoms with Crippen LogP contribution >= 0.6 is 11.3 Å². The molecule has 0 bridgehead atoms. The maximum Gasteiger partial charge on any atom is 0.272 e. The van der Waals surface area contributed by atoms with Crippen molar-refractivity contribution in [2.75, 3.05) is 0 Å². The summed E-state index contributed by atoms with van der Waals surface area (Å²) in [5, 5.41) is 10.7. The van der Waals surface area contributed by atoms with Crippen LogP contribution in [0.5, 0.6) is 0 Å². The predicted molar refractivity (Wildman–Crippen MR) is 112 cm³/mol. The van der Waals surface area contributed by atoms with E-state index in [4.69, 9.17) is 4.42 Å². The molecule has 0 spiro atoms. The zero-order valence-corrected chi connectivity index (χ0v) is 16.7. The molecule has 0 aliphatic rings. The van der Waals surface area contributed by atoms with Gasteiger partial charge in [0.05, 0.1) is 24.9 Å². The molecule has 0 saturated heterocycles. The van der Waals surface area contributed by atoms with E-state index in [9.17, 15) is 4.79 Å². The first-order valence-corrected chi connectivity index (χ1v) is 10.2. The third kappa shape index (κ3) is 3.26. The number of hydrogen-bond acceptors (Lipinski definition) is 6. The Morgan fingerprint density at radius 1 is 1.03 bits per heavy atom. The molecule has 29 heavy (non-hydrogen) atoms. The van der Waals surface area contributed by atoms with Crippen molar-refractivity contribution in [2.24, 2.45) is 7.05 Å². The van der Waals surface area contributed by atoms with E-state index in [1.807, 2.05) is 46.2 Å². The summed E-state index contributed by atoms with van der Waals surface area (Å²) in [6.07, 6.45) is 1.69. The van der Waals surface area contributed by atoms with E-state index in [0.717, 1.165) is 23.6 Å². The predicted octanol–water partition coefficient (Wildman–Crippen LogP) is 3.44. The molecular formula is C21H19N5O2S. The molecule has 4 heterocycles. The third-order valence-corrected chi connectivity index (χ3v) is 5.86. The summed E-state index contributed by atoms with van der Waals surface area (Å²) in [5.41, 5.74) is 2.02. The molecule has 0 unspecified atom stereocenters. The number of fused-ring (bicyclic) bond motifs is 3. The minimum atomic E-state index is -0.0434. The number of nitrogens with zero attached hydrogens (tertiary/aromatic N) is 5. The van der Waals surface area contributed by atoms with Crippen LogP contribution in [0.1, 0.15) is 17.1 Å². The fourth-order valence-electron chi connectivity index (χ4n) is 3.59. The average molecular weight is 405 g/mol. The van der Waals surface area contributed by atoms with Crippen molar-refractivity contribution in [1.82, 2.24) is 24.1 Å². The number of hydrogen-bond donors (Lipinski definition) is 0. The quantitative estimate of drug-likeness (QED) is 0.433. The Morgan fingerprint density at radius 3 is 2.69 bits per heavy atom. The lowest BCUT2D eigenvalue weighted by Crippen LogP contribution is -2.24. The van der Waals surface area contributed by atoms with Gasteiger partial charge in [-0.2, -0.15) is 0 Å². The number of aromatic nitrogens is 4. The molecule has 0 amide bonds. The minimum Gasteiger partial charge on any atom is -0.468 e.